The monoisotopic (exact) mass is 565 g/mol. The van der Waals surface area contributed by atoms with Crippen molar-refractivity contribution < 1.29 is 33.6 Å². The molecule has 4 aromatic rings. The normalized spacial score (nSPS) is 11.5. The van der Waals surface area contributed by atoms with E-state index < -0.39 is 18.1 Å². The Balaban J connectivity index is 1.44. The molecule has 0 fully saturated rings. The van der Waals surface area contributed by atoms with Crippen molar-refractivity contribution in [3.8, 4) is 23.0 Å². The molecule has 40 heavy (non-hydrogen) atoms. The number of carbonyl (C=O) groups excluding carboxylic acids is 1. The lowest BCUT2D eigenvalue weighted by Crippen LogP contribution is -2.44. The number of ether oxygens (including phenoxy) is 4. The predicted octanol–water partition coefficient (Wildman–Crippen LogP) is 5.30. The van der Waals surface area contributed by atoms with E-state index in [1.54, 1.807) is 60.9 Å². The van der Waals surface area contributed by atoms with Gasteiger partial charge in [-0.1, -0.05) is 29.5 Å². The first-order valence-corrected chi connectivity index (χ1v) is 13.3. The Morgan fingerprint density at radius 2 is 1.70 bits per heavy atom. The largest absolute Gasteiger partial charge is 0.497 e. The average molecular weight is 566 g/mol. The molecular weight excluding hydrogens is 534 g/mol. The summed E-state index contributed by atoms with van der Waals surface area (Å²) in [5.41, 5.74) is 1.60. The standard InChI is InChI=1S/C29H31N3O7S/c1-19(27(33)34)32(29(35)39-22-12-10-21(36-3)11-13-22)18-20-9-14-24(37-4)25(17-20)38-16-15-31(2)28-30-23-7-5-6-8-26(23)40-28/h5-14,17,19H,15-16,18H2,1-4H3,(H,33,34)/t19-/m1/s1. The zero-order chi connectivity index (χ0) is 28.6. The Morgan fingerprint density at radius 3 is 2.38 bits per heavy atom. The highest BCUT2D eigenvalue weighted by Crippen LogP contribution is 2.30. The van der Waals surface area contributed by atoms with Crippen molar-refractivity contribution in [3.05, 3.63) is 72.3 Å². The van der Waals surface area contributed by atoms with Crippen LogP contribution in [0.15, 0.2) is 66.7 Å². The van der Waals surface area contributed by atoms with E-state index in [0.717, 1.165) is 20.2 Å². The molecule has 10 nitrogen and oxygen atoms in total. The Bertz CT molecular complexity index is 1420. The van der Waals surface area contributed by atoms with Crippen LogP contribution in [0.4, 0.5) is 9.93 Å². The topological polar surface area (TPSA) is 111 Å². The summed E-state index contributed by atoms with van der Waals surface area (Å²) in [5.74, 6) is 0.709. The van der Waals surface area contributed by atoms with Crippen molar-refractivity contribution >= 4 is 38.7 Å². The predicted molar refractivity (Wildman–Crippen MR) is 153 cm³/mol. The quantitative estimate of drug-likeness (QED) is 0.245. The van der Waals surface area contributed by atoms with E-state index in [1.165, 1.54) is 14.0 Å². The number of thiazole rings is 1. The van der Waals surface area contributed by atoms with Crippen LogP contribution in [0.5, 0.6) is 23.0 Å². The number of methoxy groups -OCH3 is 2. The van der Waals surface area contributed by atoms with Crippen LogP contribution in [0, 0.1) is 0 Å². The molecule has 1 amide bonds. The second kappa shape index (κ2) is 13.0. The smallest absolute Gasteiger partial charge is 0.416 e. The van der Waals surface area contributed by atoms with Crippen molar-refractivity contribution in [2.75, 3.05) is 39.3 Å². The average Bonchev–Trinajstić information content (AvgIpc) is 3.40. The van der Waals surface area contributed by atoms with E-state index in [1.807, 2.05) is 36.2 Å². The fourth-order valence-corrected chi connectivity index (χ4v) is 4.79. The van der Waals surface area contributed by atoms with Gasteiger partial charge in [0.25, 0.3) is 0 Å². The Hall–Kier alpha value is -4.51. The number of amides is 1. The number of anilines is 1. The summed E-state index contributed by atoms with van der Waals surface area (Å²) in [5, 5.41) is 10.5. The third-order valence-electron chi connectivity index (χ3n) is 6.20. The molecule has 3 aromatic carbocycles. The number of likely N-dealkylation sites (N-methyl/N-ethyl adjacent to an activating group) is 1. The number of hydrogen-bond acceptors (Lipinski definition) is 9. The highest BCUT2D eigenvalue weighted by Gasteiger charge is 2.28. The van der Waals surface area contributed by atoms with E-state index in [9.17, 15) is 14.7 Å². The molecule has 0 unspecified atom stereocenters. The van der Waals surface area contributed by atoms with Crippen molar-refractivity contribution in [3.63, 3.8) is 0 Å². The van der Waals surface area contributed by atoms with Crippen LogP contribution in [0.2, 0.25) is 0 Å². The molecule has 0 spiro atoms. The van der Waals surface area contributed by atoms with E-state index in [-0.39, 0.29) is 12.3 Å². The number of aliphatic carboxylic acids is 1. The molecule has 1 heterocycles. The van der Waals surface area contributed by atoms with Gasteiger partial charge in [0.2, 0.25) is 0 Å². The van der Waals surface area contributed by atoms with Gasteiger partial charge in [-0.3, -0.25) is 4.90 Å². The van der Waals surface area contributed by atoms with Crippen molar-refractivity contribution in [1.29, 1.82) is 0 Å². The van der Waals surface area contributed by atoms with E-state index >= 15 is 0 Å². The maximum absolute atomic E-state index is 13.0. The van der Waals surface area contributed by atoms with Gasteiger partial charge in [0.05, 0.1) is 37.5 Å². The van der Waals surface area contributed by atoms with Crippen molar-refractivity contribution in [2.24, 2.45) is 0 Å². The molecule has 11 heteroatoms. The molecule has 0 radical (unpaired) electrons. The van der Waals surface area contributed by atoms with Gasteiger partial charge < -0.3 is 29.0 Å². The summed E-state index contributed by atoms with van der Waals surface area (Å²) in [4.78, 5) is 32.6. The summed E-state index contributed by atoms with van der Waals surface area (Å²) in [6.07, 6.45) is -0.796. The molecule has 0 saturated carbocycles. The third kappa shape index (κ3) is 6.92. The number of aromatic nitrogens is 1. The van der Waals surface area contributed by atoms with Crippen LogP contribution < -0.4 is 23.8 Å². The number of fused-ring (bicyclic) bond motifs is 1. The van der Waals surface area contributed by atoms with E-state index in [4.69, 9.17) is 18.9 Å². The molecule has 1 aromatic heterocycles. The zero-order valence-corrected chi connectivity index (χ0v) is 23.5. The maximum atomic E-state index is 13.0. The molecule has 0 aliphatic heterocycles. The molecule has 210 valence electrons. The number of para-hydroxylation sites is 1. The molecule has 0 aliphatic carbocycles. The van der Waals surface area contributed by atoms with Gasteiger partial charge in [0, 0.05) is 7.05 Å². The lowest BCUT2D eigenvalue weighted by Gasteiger charge is -2.26. The molecule has 0 saturated heterocycles. The first kappa shape index (κ1) is 28.5. The van der Waals surface area contributed by atoms with Crippen LogP contribution in [-0.4, -0.2) is 67.5 Å². The van der Waals surface area contributed by atoms with Gasteiger partial charge in [-0.15, -0.1) is 0 Å². The summed E-state index contributed by atoms with van der Waals surface area (Å²) in [6, 6.07) is 18.5. The Labute approximate surface area is 236 Å². The molecular formula is C29H31N3O7S. The molecule has 4 rings (SSSR count). The van der Waals surface area contributed by atoms with Gasteiger partial charge in [-0.25, -0.2) is 14.6 Å². The number of carbonyl (C=O) groups is 2. The van der Waals surface area contributed by atoms with Crippen molar-refractivity contribution in [1.82, 2.24) is 9.88 Å². The molecule has 0 bridgehead atoms. The van der Waals surface area contributed by atoms with E-state index in [0.29, 0.717) is 36.0 Å². The summed E-state index contributed by atoms with van der Waals surface area (Å²) in [6.45, 7) is 2.33. The van der Waals surface area contributed by atoms with Gasteiger partial charge >= 0.3 is 12.1 Å². The number of carboxylic acid groups (broad SMARTS) is 1. The number of benzene rings is 3. The second-order valence-corrected chi connectivity index (χ2v) is 9.91. The number of hydrogen-bond donors (Lipinski definition) is 1. The number of nitrogens with zero attached hydrogens (tertiary/aromatic N) is 3. The van der Waals surface area contributed by atoms with E-state index in [2.05, 4.69) is 4.98 Å². The maximum Gasteiger partial charge on any atom is 0.416 e. The van der Waals surface area contributed by atoms with Crippen LogP contribution in [-0.2, 0) is 11.3 Å². The fraction of sp³-hybridized carbons (Fsp3) is 0.276. The van der Waals surface area contributed by atoms with Crippen molar-refractivity contribution in [2.45, 2.75) is 19.5 Å². The van der Waals surface area contributed by atoms with Gasteiger partial charge in [-0.05, 0) is 61.0 Å². The Morgan fingerprint density at radius 1 is 0.975 bits per heavy atom. The summed E-state index contributed by atoms with van der Waals surface area (Å²) in [7, 11) is 5.03. The third-order valence-corrected chi connectivity index (χ3v) is 7.35. The number of carboxylic acids is 1. The van der Waals surface area contributed by atoms with Crippen LogP contribution >= 0.6 is 11.3 Å². The lowest BCUT2D eigenvalue weighted by atomic mass is 10.1. The van der Waals surface area contributed by atoms with Crippen LogP contribution in [0.25, 0.3) is 10.2 Å². The van der Waals surface area contributed by atoms with Gasteiger partial charge in [0.15, 0.2) is 16.6 Å². The highest BCUT2D eigenvalue weighted by molar-refractivity contribution is 7.22. The second-order valence-electron chi connectivity index (χ2n) is 8.91. The lowest BCUT2D eigenvalue weighted by molar-refractivity contribution is -0.142. The first-order valence-electron chi connectivity index (χ1n) is 12.5. The SMILES string of the molecule is COc1ccc(OC(=O)N(Cc2ccc(OC)c(OCCN(C)c3nc4ccccc4s3)c2)[C@H](C)C(=O)O)cc1. The molecule has 1 N–H and O–H groups in total. The first-order chi connectivity index (χ1) is 19.3. The summed E-state index contributed by atoms with van der Waals surface area (Å²) >= 11 is 1.61. The Kier molecular flexibility index (Phi) is 9.28. The zero-order valence-electron chi connectivity index (χ0n) is 22.7. The minimum atomic E-state index is -1.16. The fourth-order valence-electron chi connectivity index (χ4n) is 3.84. The van der Waals surface area contributed by atoms with Gasteiger partial charge in [0.1, 0.15) is 24.1 Å². The number of rotatable bonds is 12. The molecule has 1 atom stereocenters. The minimum absolute atomic E-state index is 0.0194. The summed E-state index contributed by atoms with van der Waals surface area (Å²) < 4.78 is 23.2. The van der Waals surface area contributed by atoms with Gasteiger partial charge in [-0.2, -0.15) is 0 Å². The molecule has 0 aliphatic rings. The highest BCUT2D eigenvalue weighted by atomic mass is 32.1. The van der Waals surface area contributed by atoms with Crippen LogP contribution in [0.3, 0.4) is 0 Å². The van der Waals surface area contributed by atoms with Crippen LogP contribution in [0.1, 0.15) is 12.5 Å². The minimum Gasteiger partial charge on any atom is -0.497 e.